The molecule has 21 heteroatoms. The molecule has 0 spiro atoms. The number of nitrogens with zero attached hydrogens (tertiary/aromatic N) is 8. The van der Waals surface area contributed by atoms with Crippen LogP contribution in [0.4, 0.5) is 18.0 Å². The molecule has 1 atom stereocenters. The molecule has 4 saturated heterocycles. The number of benzene rings is 4. The summed E-state index contributed by atoms with van der Waals surface area (Å²) < 4.78 is 49.1. The van der Waals surface area contributed by atoms with Crippen LogP contribution in [-0.4, -0.2) is 189 Å². The quantitative estimate of drug-likeness (QED) is 0.122. The summed E-state index contributed by atoms with van der Waals surface area (Å²) in [4.78, 5) is 107. The number of aromatic nitrogens is 2. The molecule has 440 valence electrons. The zero-order valence-corrected chi connectivity index (χ0v) is 47.5. The monoisotopic (exact) mass is 1140 g/mol. The van der Waals surface area contributed by atoms with Gasteiger partial charge in [0.25, 0.3) is 17.4 Å². The second-order valence-corrected chi connectivity index (χ2v) is 23.9. The Balaban J connectivity index is 0.639. The molecule has 0 bridgehead atoms. The van der Waals surface area contributed by atoms with Crippen molar-refractivity contribution >= 4 is 46.4 Å². The maximum absolute atomic E-state index is 15.1. The Bertz CT molecular complexity index is 3310. The standard InChI is InChI=1S/C62H73F3N10O8/c1-61(2,3)83-60(82)75(38-46-14-15-47(63)35-52(46)65)40-55(77)74-21-7-10-45(37-74)43-8-6-9-44(34-43)56(78)66-62(19-20-62)59(81)73-26-24-70(25-27-73)36-41-17-22-69(23-18-41)39-54(76)71-28-30-72(31-29-71)58(80)50-32-42(13-16-51(50)64)33-53-48-11-4-5-12-49(48)57(79)68-67-53/h4-6,8-9,11-16,32,34-35,41,45H,7,10,17-31,33,36-40H2,1-3H3,(H,66,78)(H,68,79). The number of ether oxygens (including phenoxy) is 1. The molecule has 5 fully saturated rings. The molecular formula is C62H73F3N10O8. The fourth-order valence-corrected chi connectivity index (χ4v) is 11.9. The molecule has 83 heavy (non-hydrogen) atoms. The van der Waals surface area contributed by atoms with E-state index in [4.69, 9.17) is 4.74 Å². The van der Waals surface area contributed by atoms with Gasteiger partial charge in [0.05, 0.1) is 29.7 Å². The summed E-state index contributed by atoms with van der Waals surface area (Å²) in [6.07, 6.45) is 3.92. The number of H-pyrrole nitrogens is 1. The third kappa shape index (κ3) is 14.2. The first-order chi connectivity index (χ1) is 39.8. The van der Waals surface area contributed by atoms with Crippen LogP contribution < -0.4 is 10.9 Å². The van der Waals surface area contributed by atoms with Gasteiger partial charge in [-0.05, 0) is 126 Å². The molecule has 2 N–H and O–H groups in total. The molecule has 4 aliphatic heterocycles. The minimum absolute atomic E-state index is 0.00989. The number of fused-ring (bicyclic) bond motifs is 1. The van der Waals surface area contributed by atoms with E-state index >= 15 is 4.39 Å². The number of hydrogen-bond acceptors (Lipinski definition) is 11. The number of rotatable bonds is 15. The van der Waals surface area contributed by atoms with E-state index in [-0.39, 0.29) is 72.4 Å². The molecule has 1 saturated carbocycles. The third-order valence-electron chi connectivity index (χ3n) is 16.8. The van der Waals surface area contributed by atoms with Crippen LogP contribution in [0, 0.1) is 23.4 Å². The van der Waals surface area contributed by atoms with Crippen LogP contribution in [0.3, 0.4) is 0 Å². The number of hydrogen-bond donors (Lipinski definition) is 2. The summed E-state index contributed by atoms with van der Waals surface area (Å²) in [5, 5.41) is 11.0. The highest BCUT2D eigenvalue weighted by Gasteiger charge is 2.53. The first-order valence-corrected chi connectivity index (χ1v) is 29.0. The zero-order chi connectivity index (χ0) is 58.6. The third-order valence-corrected chi connectivity index (χ3v) is 16.8. The second kappa shape index (κ2) is 25.1. The Morgan fingerprint density at radius 1 is 0.723 bits per heavy atom. The van der Waals surface area contributed by atoms with E-state index in [2.05, 4.69) is 25.3 Å². The van der Waals surface area contributed by atoms with E-state index < -0.39 is 40.6 Å². The van der Waals surface area contributed by atoms with Crippen LogP contribution in [0.1, 0.15) is 108 Å². The number of likely N-dealkylation sites (tertiary alicyclic amines) is 2. The Morgan fingerprint density at radius 2 is 1.43 bits per heavy atom. The summed E-state index contributed by atoms with van der Waals surface area (Å²) in [6, 6.07) is 21.9. The van der Waals surface area contributed by atoms with Crippen molar-refractivity contribution in [2.24, 2.45) is 5.92 Å². The first-order valence-electron chi connectivity index (χ1n) is 29.0. The van der Waals surface area contributed by atoms with Crippen molar-refractivity contribution in [2.75, 3.05) is 98.2 Å². The van der Waals surface area contributed by atoms with Crippen LogP contribution in [0.5, 0.6) is 0 Å². The molecule has 5 aromatic rings. The summed E-state index contributed by atoms with van der Waals surface area (Å²) in [5.74, 6) is -3.05. The fourth-order valence-electron chi connectivity index (χ4n) is 11.9. The number of piperidine rings is 2. The number of carbonyl (C=O) groups excluding carboxylic acids is 6. The SMILES string of the molecule is CC(C)(C)OC(=O)N(CC(=O)N1CCCC(c2cccc(C(=O)NC3(C(=O)N4CCN(CC5CCN(CC(=O)N6CCN(C(=O)c7cc(Cc8n[nH]c(=O)c9ccccc89)ccc7F)CC6)CC5)CC4)CC3)c2)C1)Cc1ccc(F)cc1F. The van der Waals surface area contributed by atoms with Gasteiger partial charge in [-0.15, -0.1) is 0 Å². The summed E-state index contributed by atoms with van der Waals surface area (Å²) in [7, 11) is 0. The number of aromatic amines is 1. The van der Waals surface area contributed by atoms with Gasteiger partial charge in [-0.2, -0.15) is 5.10 Å². The summed E-state index contributed by atoms with van der Waals surface area (Å²) in [6.45, 7) is 11.8. The number of piperazine rings is 2. The summed E-state index contributed by atoms with van der Waals surface area (Å²) >= 11 is 0. The molecular weight excluding hydrogens is 1070 g/mol. The number of carbonyl (C=O) groups is 6. The first kappa shape index (κ1) is 58.5. The van der Waals surface area contributed by atoms with E-state index in [1.807, 2.05) is 29.2 Å². The van der Waals surface area contributed by atoms with Gasteiger partial charge in [0.15, 0.2) is 0 Å². The van der Waals surface area contributed by atoms with Gasteiger partial charge in [0, 0.05) is 107 Å². The Morgan fingerprint density at radius 3 is 2.14 bits per heavy atom. The van der Waals surface area contributed by atoms with Crippen LogP contribution in [0.15, 0.2) is 89.7 Å². The molecule has 10 rings (SSSR count). The number of halogens is 3. The topological polar surface area (TPSA) is 192 Å². The van der Waals surface area contributed by atoms with E-state index in [0.29, 0.717) is 105 Å². The molecule has 1 unspecified atom stereocenters. The van der Waals surface area contributed by atoms with Crippen molar-refractivity contribution in [3.8, 4) is 0 Å². The van der Waals surface area contributed by atoms with Gasteiger partial charge >= 0.3 is 6.09 Å². The van der Waals surface area contributed by atoms with Gasteiger partial charge in [0.1, 0.15) is 35.1 Å². The van der Waals surface area contributed by atoms with E-state index in [1.165, 1.54) is 12.1 Å². The summed E-state index contributed by atoms with van der Waals surface area (Å²) in [5.41, 5.74) is 0.450. The Hall–Kier alpha value is -7.65. The lowest BCUT2D eigenvalue weighted by atomic mass is 9.89. The van der Waals surface area contributed by atoms with Crippen LogP contribution >= 0.6 is 0 Å². The molecule has 5 heterocycles. The van der Waals surface area contributed by atoms with Gasteiger partial charge in [-0.1, -0.05) is 42.5 Å². The number of amides is 6. The van der Waals surface area contributed by atoms with Crippen LogP contribution in [0.2, 0.25) is 0 Å². The minimum Gasteiger partial charge on any atom is -0.444 e. The predicted octanol–water partition coefficient (Wildman–Crippen LogP) is 6.18. The smallest absolute Gasteiger partial charge is 0.411 e. The van der Waals surface area contributed by atoms with E-state index in [9.17, 15) is 42.3 Å². The average molecular weight is 1140 g/mol. The zero-order valence-electron chi connectivity index (χ0n) is 47.5. The predicted molar refractivity (Wildman–Crippen MR) is 304 cm³/mol. The van der Waals surface area contributed by atoms with Crippen LogP contribution in [0.25, 0.3) is 10.8 Å². The second-order valence-electron chi connectivity index (χ2n) is 23.9. The van der Waals surface area contributed by atoms with Gasteiger partial charge in [-0.3, -0.25) is 43.5 Å². The van der Waals surface area contributed by atoms with Crippen molar-refractivity contribution in [3.63, 3.8) is 0 Å². The van der Waals surface area contributed by atoms with Crippen molar-refractivity contribution in [1.82, 2.24) is 49.8 Å². The van der Waals surface area contributed by atoms with Crippen molar-refractivity contribution in [3.05, 3.63) is 146 Å². The molecule has 1 aromatic heterocycles. The molecule has 4 aromatic carbocycles. The van der Waals surface area contributed by atoms with Gasteiger partial charge in [-0.25, -0.2) is 23.1 Å². The fraction of sp³-hybridized carbons (Fsp3) is 0.484. The van der Waals surface area contributed by atoms with Crippen molar-refractivity contribution in [1.29, 1.82) is 0 Å². The lowest BCUT2D eigenvalue weighted by molar-refractivity contribution is -0.136. The highest BCUT2D eigenvalue weighted by molar-refractivity contribution is 6.01. The van der Waals surface area contributed by atoms with Gasteiger partial charge in [0.2, 0.25) is 17.7 Å². The number of nitrogens with one attached hydrogen (secondary N) is 2. The maximum atomic E-state index is 15.1. The molecule has 18 nitrogen and oxygen atoms in total. The highest BCUT2D eigenvalue weighted by atomic mass is 19.1. The van der Waals surface area contributed by atoms with Crippen molar-refractivity contribution < 1.29 is 46.7 Å². The minimum atomic E-state index is -0.953. The Kier molecular flexibility index (Phi) is 17.7. The lowest BCUT2D eigenvalue weighted by Gasteiger charge is -2.40. The molecule has 1 aliphatic carbocycles. The Labute approximate surface area is 480 Å². The average Bonchev–Trinajstić information content (AvgIpc) is 3.89. The maximum Gasteiger partial charge on any atom is 0.411 e. The van der Waals surface area contributed by atoms with Crippen LogP contribution in [-0.2, 0) is 32.1 Å². The van der Waals surface area contributed by atoms with E-state index in [1.54, 1.807) is 71.9 Å². The van der Waals surface area contributed by atoms with Gasteiger partial charge < -0.3 is 29.7 Å². The highest BCUT2D eigenvalue weighted by Crippen LogP contribution is 2.38. The molecule has 6 amide bonds. The van der Waals surface area contributed by atoms with Crippen molar-refractivity contribution in [2.45, 2.75) is 89.3 Å². The normalized spacial score (nSPS) is 18.9. The molecule has 5 aliphatic rings. The molecule has 0 radical (unpaired) electrons. The largest absolute Gasteiger partial charge is 0.444 e. The lowest BCUT2D eigenvalue weighted by Crippen LogP contribution is -2.57. The van der Waals surface area contributed by atoms with E-state index in [0.717, 1.165) is 74.6 Å².